The molecule has 1 spiro atoms. The van der Waals surface area contributed by atoms with Gasteiger partial charge in [-0.1, -0.05) is 30.9 Å². The Bertz CT molecular complexity index is 767. The zero-order chi connectivity index (χ0) is 17.4. The monoisotopic (exact) mass is 367 g/mol. The molecule has 2 fully saturated rings. The molecule has 3 rings (SSSR count). The van der Waals surface area contributed by atoms with Crippen LogP contribution in [0, 0.1) is 11.3 Å². The molecule has 0 radical (unpaired) electrons. The molecule has 1 aliphatic carbocycles. The molecule has 1 aliphatic heterocycles. The van der Waals surface area contributed by atoms with Crippen LogP contribution < -0.4 is 0 Å². The molecule has 1 saturated carbocycles. The molecule has 0 bridgehead atoms. The van der Waals surface area contributed by atoms with Crippen molar-refractivity contribution in [1.82, 2.24) is 9.21 Å². The molecule has 1 aromatic rings. The summed E-state index contributed by atoms with van der Waals surface area (Å²) in [5.74, 6) is 0. The van der Waals surface area contributed by atoms with Gasteiger partial charge in [-0.05, 0) is 38.1 Å². The fraction of sp³-hybridized carbons (Fsp3) is 0.588. The zero-order valence-corrected chi connectivity index (χ0v) is 15.4. The topological polar surface area (TPSA) is 64.4 Å². The highest BCUT2D eigenvalue weighted by atomic mass is 35.5. The Morgan fingerprint density at radius 2 is 1.92 bits per heavy atom. The van der Waals surface area contributed by atoms with Crippen LogP contribution in [-0.2, 0) is 10.0 Å². The third-order valence-corrected chi connectivity index (χ3v) is 7.68. The Balaban J connectivity index is 2.06. The van der Waals surface area contributed by atoms with Gasteiger partial charge in [-0.25, -0.2) is 8.42 Å². The summed E-state index contributed by atoms with van der Waals surface area (Å²) >= 11 is 6.19. The summed E-state index contributed by atoms with van der Waals surface area (Å²) in [6.07, 6.45) is 5.01. The highest BCUT2D eigenvalue weighted by Gasteiger charge is 2.47. The fourth-order valence-corrected chi connectivity index (χ4v) is 6.35. The van der Waals surface area contributed by atoms with Crippen molar-refractivity contribution in [2.45, 2.75) is 42.5 Å². The van der Waals surface area contributed by atoms with E-state index in [2.05, 4.69) is 4.90 Å². The van der Waals surface area contributed by atoms with Gasteiger partial charge >= 0.3 is 0 Å². The number of halogens is 1. The molecular formula is C17H22ClN3O2S. The molecule has 0 amide bonds. The van der Waals surface area contributed by atoms with Gasteiger partial charge < -0.3 is 4.90 Å². The number of nitrogens with zero attached hydrogens (tertiary/aromatic N) is 3. The highest BCUT2D eigenvalue weighted by molar-refractivity contribution is 7.89. The van der Waals surface area contributed by atoms with E-state index < -0.39 is 10.0 Å². The first-order valence-corrected chi connectivity index (χ1v) is 10.1. The largest absolute Gasteiger partial charge is 0.303 e. The van der Waals surface area contributed by atoms with Crippen molar-refractivity contribution in [3.8, 4) is 6.07 Å². The fourth-order valence-electron chi connectivity index (χ4n) is 4.04. The lowest BCUT2D eigenvalue weighted by Gasteiger charge is -2.51. The molecule has 7 heteroatoms. The molecule has 0 unspecified atom stereocenters. The number of piperazine rings is 1. The van der Waals surface area contributed by atoms with Gasteiger partial charge in [-0.15, -0.1) is 0 Å². The number of benzene rings is 1. The SMILES string of the molecule is CN1CCN(S(=O)(=O)c2cc(C#N)ccc2Cl)C2(CCCCC2)C1. The van der Waals surface area contributed by atoms with Crippen LogP contribution in [0.25, 0.3) is 0 Å². The average Bonchev–Trinajstić information content (AvgIpc) is 2.55. The number of rotatable bonds is 2. The van der Waals surface area contributed by atoms with Crippen LogP contribution in [0.15, 0.2) is 23.1 Å². The van der Waals surface area contributed by atoms with Gasteiger partial charge in [-0.3, -0.25) is 0 Å². The normalized spacial score (nSPS) is 22.4. The van der Waals surface area contributed by atoms with Crippen LogP contribution in [-0.4, -0.2) is 49.8 Å². The Labute approximate surface area is 148 Å². The van der Waals surface area contributed by atoms with Crippen LogP contribution in [0.3, 0.4) is 0 Å². The summed E-state index contributed by atoms with van der Waals surface area (Å²) in [5.41, 5.74) is -0.0411. The molecule has 1 saturated heterocycles. The lowest BCUT2D eigenvalue weighted by Crippen LogP contribution is -2.63. The van der Waals surface area contributed by atoms with Gasteiger partial charge in [0, 0.05) is 25.2 Å². The van der Waals surface area contributed by atoms with E-state index in [0.29, 0.717) is 18.7 Å². The molecule has 0 aromatic heterocycles. The second-order valence-corrected chi connectivity index (χ2v) is 9.09. The Hall–Kier alpha value is -1.13. The van der Waals surface area contributed by atoms with Crippen molar-refractivity contribution in [2.24, 2.45) is 0 Å². The Morgan fingerprint density at radius 1 is 1.21 bits per heavy atom. The van der Waals surface area contributed by atoms with Crippen LogP contribution in [0.1, 0.15) is 37.7 Å². The van der Waals surface area contributed by atoms with E-state index in [0.717, 1.165) is 38.6 Å². The van der Waals surface area contributed by atoms with Gasteiger partial charge in [-0.2, -0.15) is 9.57 Å². The maximum atomic E-state index is 13.4. The first kappa shape index (κ1) is 17.7. The minimum Gasteiger partial charge on any atom is -0.303 e. The summed E-state index contributed by atoms with van der Waals surface area (Å²) in [6, 6.07) is 6.43. The van der Waals surface area contributed by atoms with Crippen molar-refractivity contribution < 1.29 is 8.42 Å². The lowest BCUT2D eigenvalue weighted by atomic mass is 9.80. The summed E-state index contributed by atoms with van der Waals surface area (Å²) in [5, 5.41) is 9.28. The average molecular weight is 368 g/mol. The van der Waals surface area contributed by atoms with E-state index in [-0.39, 0.29) is 15.5 Å². The molecule has 0 N–H and O–H groups in total. The number of sulfonamides is 1. The second kappa shape index (κ2) is 6.64. The molecule has 24 heavy (non-hydrogen) atoms. The number of hydrogen-bond donors (Lipinski definition) is 0. The second-order valence-electron chi connectivity index (χ2n) is 6.86. The van der Waals surface area contributed by atoms with Crippen LogP contribution >= 0.6 is 11.6 Å². The van der Waals surface area contributed by atoms with Gasteiger partial charge in [0.05, 0.1) is 16.7 Å². The van der Waals surface area contributed by atoms with E-state index in [1.54, 1.807) is 10.4 Å². The minimum atomic E-state index is -3.73. The van der Waals surface area contributed by atoms with Crippen LogP contribution in [0.2, 0.25) is 5.02 Å². The number of hydrogen-bond acceptors (Lipinski definition) is 4. The summed E-state index contributed by atoms with van der Waals surface area (Å²) < 4.78 is 28.4. The van der Waals surface area contributed by atoms with Gasteiger partial charge in [0.15, 0.2) is 0 Å². The third kappa shape index (κ3) is 3.06. The molecule has 1 heterocycles. The number of likely N-dealkylation sites (N-methyl/N-ethyl adjacent to an activating group) is 1. The van der Waals surface area contributed by atoms with E-state index in [1.807, 2.05) is 13.1 Å². The van der Waals surface area contributed by atoms with Crippen LogP contribution in [0.5, 0.6) is 0 Å². The maximum Gasteiger partial charge on any atom is 0.245 e. The van der Waals surface area contributed by atoms with Gasteiger partial charge in [0.25, 0.3) is 0 Å². The predicted octanol–water partition coefficient (Wildman–Crippen LogP) is 2.85. The quantitative estimate of drug-likeness (QED) is 0.806. The standard InChI is InChI=1S/C17H22ClN3O2S/c1-20-9-10-21(17(13-20)7-3-2-4-8-17)24(22,23)16-11-14(12-19)5-6-15(16)18/h5-6,11H,2-4,7-10,13H2,1H3. The Kier molecular flexibility index (Phi) is 4.89. The van der Waals surface area contributed by atoms with Gasteiger partial charge in [0.2, 0.25) is 10.0 Å². The van der Waals surface area contributed by atoms with Crippen molar-refractivity contribution in [3.63, 3.8) is 0 Å². The zero-order valence-electron chi connectivity index (χ0n) is 13.8. The first-order valence-electron chi connectivity index (χ1n) is 8.30. The van der Waals surface area contributed by atoms with Crippen molar-refractivity contribution in [1.29, 1.82) is 5.26 Å². The molecule has 0 atom stereocenters. The minimum absolute atomic E-state index is 0.0534. The van der Waals surface area contributed by atoms with E-state index in [4.69, 9.17) is 16.9 Å². The smallest absolute Gasteiger partial charge is 0.245 e. The summed E-state index contributed by atoms with van der Waals surface area (Å²) in [6.45, 7) is 1.92. The van der Waals surface area contributed by atoms with Crippen molar-refractivity contribution in [3.05, 3.63) is 28.8 Å². The summed E-state index contributed by atoms with van der Waals surface area (Å²) in [7, 11) is -1.69. The molecular weight excluding hydrogens is 346 g/mol. The molecule has 130 valence electrons. The first-order chi connectivity index (χ1) is 11.4. The van der Waals surface area contributed by atoms with Crippen molar-refractivity contribution >= 4 is 21.6 Å². The summed E-state index contributed by atoms with van der Waals surface area (Å²) in [4.78, 5) is 2.27. The molecule has 1 aromatic carbocycles. The maximum absolute atomic E-state index is 13.4. The molecule has 5 nitrogen and oxygen atoms in total. The Morgan fingerprint density at radius 3 is 2.58 bits per heavy atom. The van der Waals surface area contributed by atoms with E-state index >= 15 is 0 Å². The van der Waals surface area contributed by atoms with E-state index in [9.17, 15) is 8.42 Å². The van der Waals surface area contributed by atoms with Gasteiger partial charge in [0.1, 0.15) is 4.90 Å². The number of nitriles is 1. The van der Waals surface area contributed by atoms with Crippen LogP contribution in [0.4, 0.5) is 0 Å². The lowest BCUT2D eigenvalue weighted by molar-refractivity contribution is 0.0412. The molecule has 2 aliphatic rings. The highest BCUT2D eigenvalue weighted by Crippen LogP contribution is 2.40. The third-order valence-electron chi connectivity index (χ3n) is 5.19. The van der Waals surface area contributed by atoms with E-state index in [1.165, 1.54) is 12.1 Å². The van der Waals surface area contributed by atoms with Crippen molar-refractivity contribution in [2.75, 3.05) is 26.7 Å². The predicted molar refractivity (Wildman–Crippen MR) is 93.4 cm³/mol.